The molecule has 1 aromatic rings. The topological polar surface area (TPSA) is 40.6 Å². The molecule has 0 bridgehead atoms. The van der Waals surface area contributed by atoms with Crippen LogP contribution in [0.1, 0.15) is 47.5 Å². The fourth-order valence-corrected chi connectivity index (χ4v) is 1.97. The molecule has 1 saturated heterocycles. The van der Waals surface area contributed by atoms with Crippen molar-refractivity contribution in [2.24, 2.45) is 0 Å². The summed E-state index contributed by atoms with van der Waals surface area (Å²) in [6.45, 7) is 10.3. The van der Waals surface area contributed by atoms with Crippen LogP contribution in [-0.2, 0) is 9.31 Å². The average Bonchev–Trinajstić information content (AvgIpc) is 2.60. The average molecular weight is 295 g/mol. The van der Waals surface area contributed by atoms with E-state index < -0.39 is 24.1 Å². The highest BCUT2D eigenvalue weighted by molar-refractivity contribution is 6.62. The predicted octanol–water partition coefficient (Wildman–Crippen LogP) is 2.70. The van der Waals surface area contributed by atoms with Gasteiger partial charge in [0.1, 0.15) is 0 Å². The standard InChI is InChI=1S/C15H23BFNO3/c1-6-7-8-19-13-12(17)9-11(10-18-13)16-20-14(2,3)15(4,5)21-16/h9-10H,6-8H2,1-5H3. The summed E-state index contributed by atoms with van der Waals surface area (Å²) >= 11 is 0. The van der Waals surface area contributed by atoms with Crippen molar-refractivity contribution in [3.8, 4) is 5.88 Å². The SMILES string of the molecule is CCCCOc1ncc(B2OC(C)(C)C(C)(C)O2)cc1F. The molecule has 4 nitrogen and oxygen atoms in total. The van der Waals surface area contributed by atoms with Crippen molar-refractivity contribution in [1.82, 2.24) is 4.98 Å². The monoisotopic (exact) mass is 295 g/mol. The Bertz CT molecular complexity index is 492. The fraction of sp³-hybridized carbons (Fsp3) is 0.667. The van der Waals surface area contributed by atoms with Gasteiger partial charge in [-0.2, -0.15) is 0 Å². The third kappa shape index (κ3) is 3.38. The molecule has 0 aliphatic carbocycles. The summed E-state index contributed by atoms with van der Waals surface area (Å²) in [4.78, 5) is 4.03. The van der Waals surface area contributed by atoms with Gasteiger partial charge in [0.25, 0.3) is 0 Å². The Kier molecular flexibility index (Phi) is 4.59. The molecule has 2 heterocycles. The van der Waals surface area contributed by atoms with Crippen molar-refractivity contribution in [2.75, 3.05) is 6.61 Å². The number of nitrogens with zero attached hydrogens (tertiary/aromatic N) is 1. The van der Waals surface area contributed by atoms with Gasteiger partial charge in [0.15, 0.2) is 5.82 Å². The minimum absolute atomic E-state index is 0.0312. The van der Waals surface area contributed by atoms with Crippen LogP contribution in [0, 0.1) is 5.82 Å². The number of pyridine rings is 1. The molecule has 0 radical (unpaired) electrons. The molecule has 0 saturated carbocycles. The summed E-state index contributed by atoms with van der Waals surface area (Å²) in [6, 6.07) is 1.37. The predicted molar refractivity (Wildman–Crippen MR) is 80.3 cm³/mol. The van der Waals surface area contributed by atoms with Crippen LogP contribution in [0.5, 0.6) is 5.88 Å². The fourth-order valence-electron chi connectivity index (χ4n) is 1.97. The molecule has 1 aromatic heterocycles. The van der Waals surface area contributed by atoms with E-state index in [1.165, 1.54) is 6.07 Å². The van der Waals surface area contributed by atoms with E-state index in [-0.39, 0.29) is 5.88 Å². The minimum Gasteiger partial charge on any atom is -0.476 e. The summed E-state index contributed by atoms with van der Waals surface area (Å²) in [5.74, 6) is -0.456. The van der Waals surface area contributed by atoms with E-state index in [1.54, 1.807) is 6.20 Å². The number of ether oxygens (including phenoxy) is 1. The van der Waals surface area contributed by atoms with E-state index >= 15 is 0 Å². The summed E-state index contributed by atoms with van der Waals surface area (Å²) in [7, 11) is -0.610. The Labute approximate surface area is 126 Å². The Morgan fingerprint density at radius 1 is 1.24 bits per heavy atom. The smallest absolute Gasteiger partial charge is 0.476 e. The van der Waals surface area contributed by atoms with E-state index in [9.17, 15) is 4.39 Å². The van der Waals surface area contributed by atoms with Crippen molar-refractivity contribution in [3.05, 3.63) is 18.1 Å². The third-order valence-electron chi connectivity index (χ3n) is 4.09. The lowest BCUT2D eigenvalue weighted by Gasteiger charge is -2.32. The third-order valence-corrected chi connectivity index (χ3v) is 4.09. The first kappa shape index (κ1) is 16.2. The van der Waals surface area contributed by atoms with Gasteiger partial charge in [-0.15, -0.1) is 0 Å². The van der Waals surface area contributed by atoms with E-state index in [4.69, 9.17) is 14.0 Å². The van der Waals surface area contributed by atoms with Gasteiger partial charge in [-0.1, -0.05) is 13.3 Å². The van der Waals surface area contributed by atoms with E-state index in [2.05, 4.69) is 11.9 Å². The van der Waals surface area contributed by atoms with Crippen molar-refractivity contribution in [2.45, 2.75) is 58.7 Å². The molecule has 0 N–H and O–H groups in total. The quantitative estimate of drug-likeness (QED) is 0.618. The molecular weight excluding hydrogens is 272 g/mol. The molecule has 1 aliphatic rings. The molecule has 6 heteroatoms. The molecule has 1 fully saturated rings. The Morgan fingerprint density at radius 2 is 1.86 bits per heavy atom. The lowest BCUT2D eigenvalue weighted by molar-refractivity contribution is 0.00578. The first-order chi connectivity index (χ1) is 9.77. The Morgan fingerprint density at radius 3 is 2.38 bits per heavy atom. The first-order valence-electron chi connectivity index (χ1n) is 7.41. The summed E-state index contributed by atoms with van der Waals surface area (Å²) < 4.78 is 31.1. The molecule has 2 rings (SSSR count). The van der Waals surface area contributed by atoms with E-state index in [1.807, 2.05) is 27.7 Å². The highest BCUT2D eigenvalue weighted by Crippen LogP contribution is 2.36. The molecule has 0 amide bonds. The highest BCUT2D eigenvalue weighted by atomic mass is 19.1. The normalized spacial score (nSPS) is 19.8. The zero-order valence-corrected chi connectivity index (χ0v) is 13.4. The van der Waals surface area contributed by atoms with Crippen LogP contribution >= 0.6 is 0 Å². The maximum atomic E-state index is 14.0. The zero-order valence-electron chi connectivity index (χ0n) is 13.4. The molecule has 0 unspecified atom stereocenters. The minimum atomic E-state index is -0.610. The van der Waals surface area contributed by atoms with Gasteiger partial charge in [0, 0.05) is 11.7 Å². The number of aromatic nitrogens is 1. The molecule has 1 aliphatic heterocycles. The van der Waals surface area contributed by atoms with Crippen LogP contribution in [0.3, 0.4) is 0 Å². The van der Waals surface area contributed by atoms with Crippen molar-refractivity contribution in [3.63, 3.8) is 0 Å². The molecule has 21 heavy (non-hydrogen) atoms. The lowest BCUT2D eigenvalue weighted by Crippen LogP contribution is -2.41. The number of rotatable bonds is 5. The van der Waals surface area contributed by atoms with Gasteiger partial charge in [-0.3, -0.25) is 0 Å². The largest absolute Gasteiger partial charge is 0.496 e. The van der Waals surface area contributed by atoms with Gasteiger partial charge < -0.3 is 14.0 Å². The molecule has 116 valence electrons. The summed E-state index contributed by atoms with van der Waals surface area (Å²) in [5.41, 5.74) is -0.344. The Hall–Kier alpha value is -1.14. The highest BCUT2D eigenvalue weighted by Gasteiger charge is 2.51. The van der Waals surface area contributed by atoms with Crippen molar-refractivity contribution >= 4 is 12.6 Å². The maximum Gasteiger partial charge on any atom is 0.496 e. The summed E-state index contributed by atoms with van der Waals surface area (Å²) in [5, 5.41) is 0. The molecular formula is C15H23BFNO3. The van der Waals surface area contributed by atoms with Gasteiger partial charge in [0.05, 0.1) is 17.8 Å². The van der Waals surface area contributed by atoms with Gasteiger partial charge in [-0.05, 0) is 40.2 Å². The number of hydrogen-bond acceptors (Lipinski definition) is 4. The second-order valence-corrected chi connectivity index (χ2v) is 6.35. The Balaban J connectivity index is 2.11. The van der Waals surface area contributed by atoms with Crippen LogP contribution in [0.25, 0.3) is 0 Å². The number of unbranched alkanes of at least 4 members (excludes halogenated alkanes) is 1. The van der Waals surface area contributed by atoms with Crippen LogP contribution in [0.2, 0.25) is 0 Å². The van der Waals surface area contributed by atoms with E-state index in [0.29, 0.717) is 12.1 Å². The van der Waals surface area contributed by atoms with Crippen molar-refractivity contribution < 1.29 is 18.4 Å². The second kappa shape index (κ2) is 5.93. The van der Waals surface area contributed by atoms with Gasteiger partial charge in [-0.25, -0.2) is 9.37 Å². The number of hydrogen-bond donors (Lipinski definition) is 0. The van der Waals surface area contributed by atoms with Gasteiger partial charge >= 0.3 is 7.12 Å². The van der Waals surface area contributed by atoms with Gasteiger partial charge in [0.2, 0.25) is 5.88 Å². The van der Waals surface area contributed by atoms with Crippen LogP contribution in [0.4, 0.5) is 4.39 Å². The number of halogens is 1. The first-order valence-corrected chi connectivity index (χ1v) is 7.41. The van der Waals surface area contributed by atoms with Crippen LogP contribution in [-0.4, -0.2) is 29.9 Å². The maximum absolute atomic E-state index is 14.0. The molecule has 0 atom stereocenters. The molecule has 0 spiro atoms. The second-order valence-electron chi connectivity index (χ2n) is 6.35. The summed E-state index contributed by atoms with van der Waals surface area (Å²) in [6.07, 6.45) is 3.42. The van der Waals surface area contributed by atoms with Crippen LogP contribution in [0.15, 0.2) is 12.3 Å². The van der Waals surface area contributed by atoms with Crippen LogP contribution < -0.4 is 10.2 Å². The van der Waals surface area contributed by atoms with Crippen molar-refractivity contribution in [1.29, 1.82) is 0 Å². The molecule has 0 aromatic carbocycles. The zero-order chi connectivity index (χ0) is 15.7. The lowest BCUT2D eigenvalue weighted by atomic mass is 9.80. The van der Waals surface area contributed by atoms with E-state index in [0.717, 1.165) is 12.8 Å².